The number of hydrogen-bond donors (Lipinski definition) is 1. The fourth-order valence-electron chi connectivity index (χ4n) is 3.65. The Kier molecular flexibility index (Phi) is 8.67. The van der Waals surface area contributed by atoms with Gasteiger partial charge in [0.25, 0.3) is 0 Å². The molecule has 1 aromatic rings. The van der Waals surface area contributed by atoms with Crippen LogP contribution in [-0.2, 0) is 50.4 Å². The van der Waals surface area contributed by atoms with Crippen LogP contribution in [0, 0.1) is 11.8 Å². The molecule has 2 atom stereocenters. The summed E-state index contributed by atoms with van der Waals surface area (Å²) in [5.41, 5.74) is -1.79. The van der Waals surface area contributed by atoms with Gasteiger partial charge in [0.2, 0.25) is 0 Å². The van der Waals surface area contributed by atoms with E-state index >= 15 is 0 Å². The minimum atomic E-state index is -4.68. The second-order valence-electron chi connectivity index (χ2n) is 6.89. The number of allylic oxidation sites excluding steroid dienone is 1. The average molecular weight is 468 g/mol. The summed E-state index contributed by atoms with van der Waals surface area (Å²) >= 11 is 0. The molecule has 2 unspecified atom stereocenters. The molecule has 0 aliphatic heterocycles. The summed E-state index contributed by atoms with van der Waals surface area (Å²) in [6, 6.07) is 1.72. The number of pyridine rings is 1. The van der Waals surface area contributed by atoms with Crippen molar-refractivity contribution in [3.05, 3.63) is 34.7 Å². The molecule has 6 nitrogen and oxygen atoms in total. The molecule has 2 bridgehead atoms. The predicted octanol–water partition coefficient (Wildman–Crippen LogP) is 3.73. The SMILES string of the molecule is COCCOCc1nc(C(F)(F)F)ccc1C(O)=C1C(=O)C2CCC(C2)C1=O.[3H]C.[V]. The number of Topliss-reactive ketones (excluding diaryl/α,β-unsaturated/α-hetero) is 2. The molecule has 2 saturated carbocycles. The van der Waals surface area contributed by atoms with Gasteiger partial charge in [-0.1, -0.05) is 7.40 Å². The minimum Gasteiger partial charge on any atom is -0.506 e. The summed E-state index contributed by atoms with van der Waals surface area (Å²) in [4.78, 5) is 28.7. The third-order valence-corrected chi connectivity index (χ3v) is 5.09. The van der Waals surface area contributed by atoms with Crippen molar-refractivity contribution in [3.63, 3.8) is 0 Å². The molecule has 1 aromatic heterocycles. The Hall–Kier alpha value is -1.68. The molecule has 165 valence electrons. The van der Waals surface area contributed by atoms with E-state index in [1.807, 2.05) is 0 Å². The van der Waals surface area contributed by atoms with Crippen LogP contribution in [0.1, 0.15) is 45.0 Å². The first-order valence-corrected chi connectivity index (χ1v) is 8.89. The van der Waals surface area contributed by atoms with Crippen molar-refractivity contribution in [2.24, 2.45) is 11.8 Å². The summed E-state index contributed by atoms with van der Waals surface area (Å²) in [5.74, 6) is -2.20. The summed E-state index contributed by atoms with van der Waals surface area (Å²) < 4.78 is 54.9. The molecule has 1 radical (unpaired) electrons. The summed E-state index contributed by atoms with van der Waals surface area (Å²) in [7, 11) is 2.70. The quantitative estimate of drug-likeness (QED) is 0.296. The van der Waals surface area contributed by atoms with Crippen molar-refractivity contribution in [2.75, 3.05) is 20.3 Å². The zero-order valence-corrected chi connectivity index (χ0v) is 18.1. The number of rotatable bonds is 6. The maximum absolute atomic E-state index is 13.0. The van der Waals surface area contributed by atoms with Gasteiger partial charge in [-0.05, 0) is 31.4 Å². The summed E-state index contributed by atoms with van der Waals surface area (Å²) in [6.07, 6.45) is -3.07. The summed E-state index contributed by atoms with van der Waals surface area (Å²) in [5, 5.41) is 10.7. The van der Waals surface area contributed by atoms with E-state index in [1.54, 1.807) is 0 Å². The van der Waals surface area contributed by atoms with Gasteiger partial charge >= 0.3 is 6.18 Å². The van der Waals surface area contributed by atoms with Crippen molar-refractivity contribution in [3.8, 4) is 0 Å². The van der Waals surface area contributed by atoms with E-state index in [0.717, 1.165) is 6.07 Å². The predicted molar refractivity (Wildman–Crippen MR) is 97.9 cm³/mol. The van der Waals surface area contributed by atoms with E-state index in [1.165, 1.54) is 14.5 Å². The largest absolute Gasteiger partial charge is 0.506 e. The molecular weight excluding hydrogens is 442 g/mol. The Bertz CT molecular complexity index is 808. The maximum atomic E-state index is 13.0. The number of ether oxygens (including phenoxy) is 2. The van der Waals surface area contributed by atoms with Crippen molar-refractivity contribution in [1.29, 1.82) is 0 Å². The maximum Gasteiger partial charge on any atom is 0.433 e. The molecule has 2 aliphatic carbocycles. The van der Waals surface area contributed by atoms with Crippen LogP contribution in [0.25, 0.3) is 5.76 Å². The number of aromatic nitrogens is 1. The third-order valence-electron chi connectivity index (χ3n) is 5.09. The van der Waals surface area contributed by atoms with Crippen molar-refractivity contribution in [2.45, 2.75) is 39.4 Å². The van der Waals surface area contributed by atoms with Gasteiger partial charge in [-0.25, -0.2) is 4.98 Å². The minimum absolute atomic E-state index is 0. The molecule has 0 aromatic carbocycles. The molecule has 3 rings (SSSR count). The molecule has 10 heteroatoms. The van der Waals surface area contributed by atoms with Crippen LogP contribution >= 0.6 is 0 Å². The first-order valence-electron chi connectivity index (χ1n) is 9.89. The fourth-order valence-corrected chi connectivity index (χ4v) is 3.65. The molecule has 30 heavy (non-hydrogen) atoms. The standard InChI is InChI=1S/C19H20F3NO5.CH4.V/c1-27-6-7-28-9-13-12(4-5-14(23-13)19(20,21)22)18(26)15-16(24)10-2-3-11(8-10)17(15)25;;/h4-5,10-11,26H,2-3,6-9H2,1H3;1H4;/i;1T;. The Balaban J connectivity index is 0.00000156. The first-order chi connectivity index (χ1) is 14.2. The van der Waals surface area contributed by atoms with E-state index in [2.05, 4.69) is 4.98 Å². The Morgan fingerprint density at radius 1 is 1.23 bits per heavy atom. The van der Waals surface area contributed by atoms with Gasteiger partial charge in [-0.15, -0.1) is 0 Å². The number of nitrogens with zero attached hydrogens (tertiary/aromatic N) is 1. The van der Waals surface area contributed by atoms with Gasteiger partial charge < -0.3 is 14.6 Å². The van der Waals surface area contributed by atoms with Crippen molar-refractivity contribution < 1.29 is 57.3 Å². The third kappa shape index (κ3) is 5.32. The Morgan fingerprint density at radius 2 is 1.83 bits per heavy atom. The van der Waals surface area contributed by atoms with E-state index in [4.69, 9.17) is 10.8 Å². The van der Waals surface area contributed by atoms with Gasteiger partial charge in [-0.2, -0.15) is 13.2 Å². The van der Waals surface area contributed by atoms with Crippen LogP contribution in [-0.4, -0.2) is 42.0 Å². The number of methoxy groups -OCH3 is 1. The molecule has 1 N–H and O–H groups in total. The second-order valence-corrected chi connectivity index (χ2v) is 6.89. The normalized spacial score (nSPS) is 20.8. The zero-order valence-electron chi connectivity index (χ0n) is 17.7. The topological polar surface area (TPSA) is 85.7 Å². The van der Waals surface area contributed by atoms with Crippen LogP contribution in [0.2, 0.25) is 0 Å². The average Bonchev–Trinajstić information content (AvgIpc) is 3.18. The van der Waals surface area contributed by atoms with E-state index in [0.29, 0.717) is 25.3 Å². The smallest absolute Gasteiger partial charge is 0.433 e. The monoisotopic (exact) mass is 468 g/mol. The molecule has 0 spiro atoms. The van der Waals surface area contributed by atoms with Gasteiger partial charge in [-0.3, -0.25) is 9.59 Å². The van der Waals surface area contributed by atoms with Crippen LogP contribution in [0.4, 0.5) is 13.2 Å². The van der Waals surface area contributed by atoms with Crippen LogP contribution in [0.5, 0.6) is 0 Å². The number of halogens is 3. The van der Waals surface area contributed by atoms with E-state index < -0.39 is 29.2 Å². The number of fused-ring (bicyclic) bond motifs is 2. The molecular formula is C20H24F3NO5V. The molecule has 1 heterocycles. The number of carbonyl (C=O) groups excluding carboxylic acids is 2. The van der Waals surface area contributed by atoms with Crippen LogP contribution in [0.3, 0.4) is 0 Å². The van der Waals surface area contributed by atoms with E-state index in [9.17, 15) is 27.9 Å². The number of aliphatic hydroxyl groups is 1. The van der Waals surface area contributed by atoms with Gasteiger partial charge in [0, 0.05) is 44.4 Å². The first kappa shape index (κ1) is 24.6. The van der Waals surface area contributed by atoms with Gasteiger partial charge in [0.15, 0.2) is 11.6 Å². The fraction of sp³-hybridized carbons (Fsp3) is 0.550. The molecule has 2 fully saturated rings. The zero-order chi connectivity index (χ0) is 22.5. The molecule has 0 saturated heterocycles. The number of hydrogen-bond acceptors (Lipinski definition) is 6. The number of ketones is 2. The molecule has 2 aliphatic rings. The summed E-state index contributed by atoms with van der Waals surface area (Å²) in [6.45, 7) is -0.00982. The van der Waals surface area contributed by atoms with Gasteiger partial charge in [0.05, 0.1) is 25.5 Å². The Labute approximate surface area is 186 Å². The van der Waals surface area contributed by atoms with Crippen molar-refractivity contribution >= 4 is 17.3 Å². The van der Waals surface area contributed by atoms with Crippen LogP contribution in [0.15, 0.2) is 17.7 Å². The number of carbonyl (C=O) groups is 2. The second kappa shape index (κ2) is 10.6. The number of alkyl halides is 3. The molecule has 0 amide bonds. The van der Waals surface area contributed by atoms with Crippen LogP contribution < -0.4 is 0 Å². The van der Waals surface area contributed by atoms with Gasteiger partial charge in [0.1, 0.15) is 17.0 Å². The Morgan fingerprint density at radius 3 is 2.37 bits per heavy atom. The number of aliphatic hydroxyl groups excluding tert-OH is 1. The van der Waals surface area contributed by atoms with E-state index in [-0.39, 0.29) is 67.0 Å². The van der Waals surface area contributed by atoms with Crippen molar-refractivity contribution in [1.82, 2.24) is 4.98 Å².